The molecule has 1 N–H and O–H groups in total. The minimum Gasteiger partial charge on any atom is -0.496 e. The molecule has 130 valence electrons. The number of fused-ring (bicyclic) bond motifs is 1. The molecule has 0 spiro atoms. The van der Waals surface area contributed by atoms with E-state index in [1.807, 2.05) is 28.7 Å². The molecule has 0 amide bonds. The van der Waals surface area contributed by atoms with Gasteiger partial charge in [0, 0.05) is 35.6 Å². The van der Waals surface area contributed by atoms with Gasteiger partial charge in [0.05, 0.1) is 7.11 Å². The number of nitrogens with one attached hydrogen (secondary N) is 1. The van der Waals surface area contributed by atoms with Crippen molar-refractivity contribution < 1.29 is 9.13 Å². The van der Waals surface area contributed by atoms with Gasteiger partial charge in [-0.3, -0.25) is 9.38 Å². The zero-order chi connectivity index (χ0) is 17.9. The maximum atomic E-state index is 14.1. The molecule has 3 aromatic heterocycles. The van der Waals surface area contributed by atoms with E-state index in [4.69, 9.17) is 4.74 Å². The Kier molecular flexibility index (Phi) is 4.18. The third kappa shape index (κ3) is 2.83. The first kappa shape index (κ1) is 16.0. The molecule has 26 heavy (non-hydrogen) atoms. The van der Waals surface area contributed by atoms with Crippen molar-refractivity contribution in [1.82, 2.24) is 19.6 Å². The van der Waals surface area contributed by atoms with Crippen LogP contribution in [0.15, 0.2) is 61.2 Å². The molecule has 6 nitrogen and oxygen atoms in total. The maximum absolute atomic E-state index is 14.1. The molecular formula is C19H16FN5O. The average molecular weight is 349 g/mol. The second-order valence-corrected chi connectivity index (χ2v) is 5.67. The van der Waals surface area contributed by atoms with Gasteiger partial charge in [-0.05, 0) is 30.3 Å². The van der Waals surface area contributed by atoms with Crippen molar-refractivity contribution in [3.05, 3.63) is 72.6 Å². The van der Waals surface area contributed by atoms with E-state index >= 15 is 0 Å². The van der Waals surface area contributed by atoms with Crippen molar-refractivity contribution in [2.24, 2.45) is 0 Å². The molecule has 0 aliphatic carbocycles. The molecule has 0 aliphatic rings. The quantitative estimate of drug-likeness (QED) is 0.597. The van der Waals surface area contributed by atoms with Crippen molar-refractivity contribution in [1.29, 1.82) is 0 Å². The predicted molar refractivity (Wildman–Crippen MR) is 96.5 cm³/mol. The van der Waals surface area contributed by atoms with E-state index in [2.05, 4.69) is 20.5 Å². The molecular weight excluding hydrogens is 333 g/mol. The molecule has 4 rings (SSSR count). The number of hydrogen-bond acceptors (Lipinski definition) is 5. The third-order valence-electron chi connectivity index (χ3n) is 4.17. The van der Waals surface area contributed by atoms with E-state index in [9.17, 15) is 4.39 Å². The summed E-state index contributed by atoms with van der Waals surface area (Å²) >= 11 is 0. The number of nitrogens with zero attached hydrogens (tertiary/aromatic N) is 4. The Labute approximate surface area is 149 Å². The van der Waals surface area contributed by atoms with Crippen LogP contribution in [0.25, 0.3) is 16.8 Å². The van der Waals surface area contributed by atoms with Crippen LogP contribution in [0.2, 0.25) is 0 Å². The molecule has 3 heterocycles. The van der Waals surface area contributed by atoms with Gasteiger partial charge in [-0.2, -0.15) is 0 Å². The second kappa shape index (κ2) is 6.79. The summed E-state index contributed by atoms with van der Waals surface area (Å²) in [5.41, 5.74) is 3.04. The first-order chi connectivity index (χ1) is 12.8. The lowest BCUT2D eigenvalue weighted by molar-refractivity contribution is 0.405. The Bertz CT molecular complexity index is 1050. The molecule has 0 aliphatic heterocycles. The minimum absolute atomic E-state index is 0.273. The van der Waals surface area contributed by atoms with E-state index in [0.717, 1.165) is 16.9 Å². The van der Waals surface area contributed by atoms with Gasteiger partial charge in [0.15, 0.2) is 5.65 Å². The molecule has 0 saturated heterocycles. The molecule has 1 aromatic carbocycles. The first-order valence-electron chi connectivity index (χ1n) is 8.06. The van der Waals surface area contributed by atoms with Gasteiger partial charge in [0.2, 0.25) is 0 Å². The Balaban J connectivity index is 1.68. The number of benzene rings is 1. The molecule has 4 aromatic rings. The van der Waals surface area contributed by atoms with Crippen molar-refractivity contribution in [3.8, 4) is 16.9 Å². The van der Waals surface area contributed by atoms with Crippen molar-refractivity contribution in [2.75, 3.05) is 12.4 Å². The zero-order valence-electron chi connectivity index (χ0n) is 14.1. The minimum atomic E-state index is -0.316. The van der Waals surface area contributed by atoms with Crippen LogP contribution in [0, 0.1) is 5.82 Å². The van der Waals surface area contributed by atoms with E-state index in [0.29, 0.717) is 17.0 Å². The Morgan fingerprint density at radius 2 is 2.08 bits per heavy atom. The van der Waals surface area contributed by atoms with Crippen LogP contribution in [-0.2, 0) is 6.54 Å². The van der Waals surface area contributed by atoms with Crippen molar-refractivity contribution >= 4 is 11.5 Å². The number of methoxy groups -OCH3 is 1. The second-order valence-electron chi connectivity index (χ2n) is 5.67. The summed E-state index contributed by atoms with van der Waals surface area (Å²) in [6.45, 7) is 0.273. The van der Waals surface area contributed by atoms with Gasteiger partial charge in [-0.25, -0.2) is 4.39 Å². The Hall–Kier alpha value is -3.48. The lowest BCUT2D eigenvalue weighted by Gasteiger charge is -2.13. The summed E-state index contributed by atoms with van der Waals surface area (Å²) in [4.78, 5) is 4.15. The highest BCUT2D eigenvalue weighted by Crippen LogP contribution is 2.27. The summed E-state index contributed by atoms with van der Waals surface area (Å²) in [6, 6.07) is 12.5. The lowest BCUT2D eigenvalue weighted by Crippen LogP contribution is -2.07. The smallest absolute Gasteiger partial charge is 0.170 e. The maximum Gasteiger partial charge on any atom is 0.170 e. The number of hydrogen-bond donors (Lipinski definition) is 1. The summed E-state index contributed by atoms with van der Waals surface area (Å²) in [7, 11) is 1.53. The SMILES string of the molecule is COc1cccc(F)c1CNc1ccc(-c2cccnc2)c2nncn12. The van der Waals surface area contributed by atoms with Gasteiger partial charge in [-0.1, -0.05) is 12.1 Å². The Morgan fingerprint density at radius 3 is 2.88 bits per heavy atom. The van der Waals surface area contributed by atoms with Crippen LogP contribution >= 0.6 is 0 Å². The molecule has 0 atom stereocenters. The van der Waals surface area contributed by atoms with Crippen molar-refractivity contribution in [2.45, 2.75) is 6.54 Å². The van der Waals surface area contributed by atoms with E-state index in [1.54, 1.807) is 30.9 Å². The number of halogens is 1. The van der Waals surface area contributed by atoms with Gasteiger partial charge in [0.25, 0.3) is 0 Å². The number of rotatable bonds is 5. The fraction of sp³-hybridized carbons (Fsp3) is 0.105. The summed E-state index contributed by atoms with van der Waals surface area (Å²) in [5.74, 6) is 0.941. The van der Waals surface area contributed by atoms with Gasteiger partial charge >= 0.3 is 0 Å². The van der Waals surface area contributed by atoms with E-state index < -0.39 is 0 Å². The van der Waals surface area contributed by atoms with Crippen molar-refractivity contribution in [3.63, 3.8) is 0 Å². The summed E-state index contributed by atoms with van der Waals surface area (Å²) in [5, 5.41) is 11.4. The van der Waals surface area contributed by atoms with Crippen LogP contribution < -0.4 is 10.1 Å². The normalized spacial score (nSPS) is 10.8. The number of pyridine rings is 2. The van der Waals surface area contributed by atoms with Crippen LogP contribution in [0.5, 0.6) is 5.75 Å². The van der Waals surface area contributed by atoms with Crippen LogP contribution in [-0.4, -0.2) is 26.7 Å². The van der Waals surface area contributed by atoms with Gasteiger partial charge < -0.3 is 10.1 Å². The van der Waals surface area contributed by atoms with E-state index in [1.165, 1.54) is 13.2 Å². The highest BCUT2D eigenvalue weighted by atomic mass is 19.1. The fourth-order valence-electron chi connectivity index (χ4n) is 2.88. The summed E-state index contributed by atoms with van der Waals surface area (Å²) in [6.07, 6.45) is 5.12. The number of aromatic nitrogens is 4. The largest absolute Gasteiger partial charge is 0.496 e. The van der Waals surface area contributed by atoms with Gasteiger partial charge in [0.1, 0.15) is 23.7 Å². The monoisotopic (exact) mass is 349 g/mol. The molecule has 0 bridgehead atoms. The topological polar surface area (TPSA) is 64.3 Å². The first-order valence-corrected chi connectivity index (χ1v) is 8.06. The average Bonchev–Trinajstić information content (AvgIpc) is 3.17. The van der Waals surface area contributed by atoms with Crippen LogP contribution in [0.3, 0.4) is 0 Å². The number of anilines is 1. The molecule has 0 radical (unpaired) electrons. The third-order valence-corrected chi connectivity index (χ3v) is 4.17. The fourth-order valence-corrected chi connectivity index (χ4v) is 2.88. The molecule has 0 fully saturated rings. The highest BCUT2D eigenvalue weighted by Gasteiger charge is 2.12. The van der Waals surface area contributed by atoms with Crippen LogP contribution in [0.4, 0.5) is 10.2 Å². The molecule has 7 heteroatoms. The Morgan fingerprint density at radius 1 is 1.15 bits per heavy atom. The highest BCUT2D eigenvalue weighted by molar-refractivity contribution is 5.78. The van der Waals surface area contributed by atoms with Gasteiger partial charge in [-0.15, -0.1) is 10.2 Å². The van der Waals surface area contributed by atoms with Crippen LogP contribution in [0.1, 0.15) is 5.56 Å². The molecule has 0 unspecified atom stereocenters. The predicted octanol–water partition coefficient (Wildman–Crippen LogP) is 3.55. The molecule has 0 saturated carbocycles. The zero-order valence-corrected chi connectivity index (χ0v) is 14.1. The summed E-state index contributed by atoms with van der Waals surface area (Å²) < 4.78 is 21.2. The lowest BCUT2D eigenvalue weighted by atomic mass is 10.1. The van der Waals surface area contributed by atoms with E-state index in [-0.39, 0.29) is 12.4 Å². The number of ether oxygens (including phenoxy) is 1. The standard InChI is InChI=1S/C19H16FN5O/c1-26-17-6-2-5-16(20)15(17)11-22-18-8-7-14(13-4-3-9-21-10-13)19-24-23-12-25(18)19/h2-10,12,22H,11H2,1H3.